The Bertz CT molecular complexity index is 1310. The van der Waals surface area contributed by atoms with E-state index in [-0.39, 0.29) is 28.6 Å². The van der Waals surface area contributed by atoms with Crippen LogP contribution in [0.4, 0.5) is 10.1 Å². The summed E-state index contributed by atoms with van der Waals surface area (Å²) in [7, 11) is 0. The predicted molar refractivity (Wildman–Crippen MR) is 114 cm³/mol. The van der Waals surface area contributed by atoms with Crippen molar-refractivity contribution in [3.63, 3.8) is 0 Å². The summed E-state index contributed by atoms with van der Waals surface area (Å²) in [4.78, 5) is 25.0. The average molecular weight is 423 g/mol. The summed E-state index contributed by atoms with van der Waals surface area (Å²) in [6.07, 6.45) is 3.33. The molecule has 2 aromatic heterocycles. The molecule has 0 saturated carbocycles. The number of fused-ring (bicyclic) bond motifs is 1. The van der Waals surface area contributed by atoms with E-state index < -0.39 is 5.82 Å². The number of anilines is 1. The van der Waals surface area contributed by atoms with Crippen molar-refractivity contribution in [1.29, 1.82) is 0 Å². The Morgan fingerprint density at radius 3 is 2.67 bits per heavy atom. The van der Waals surface area contributed by atoms with E-state index in [1.54, 1.807) is 28.9 Å². The molecule has 0 aliphatic carbocycles. The van der Waals surface area contributed by atoms with Gasteiger partial charge in [-0.15, -0.1) is 10.2 Å². The number of carbonyl (C=O) groups is 1. The van der Waals surface area contributed by atoms with Crippen molar-refractivity contribution in [2.45, 2.75) is 19.0 Å². The fourth-order valence-corrected chi connectivity index (χ4v) is 3.64. The normalized spacial score (nSPS) is 11.0. The van der Waals surface area contributed by atoms with Crippen molar-refractivity contribution < 1.29 is 9.18 Å². The molecule has 0 aliphatic rings. The summed E-state index contributed by atoms with van der Waals surface area (Å²) in [5.41, 5.74) is 2.93. The lowest BCUT2D eigenvalue weighted by molar-refractivity contribution is -0.113. The number of thioether (sulfide) groups is 1. The van der Waals surface area contributed by atoms with E-state index in [9.17, 15) is 14.0 Å². The van der Waals surface area contributed by atoms with Gasteiger partial charge in [-0.1, -0.05) is 30.0 Å². The Morgan fingerprint density at radius 1 is 1.10 bits per heavy atom. The summed E-state index contributed by atoms with van der Waals surface area (Å²) in [5, 5.41) is 10.9. The van der Waals surface area contributed by atoms with E-state index in [0.717, 1.165) is 28.6 Å². The van der Waals surface area contributed by atoms with Crippen LogP contribution < -0.4 is 10.9 Å². The number of carbonyl (C=O) groups excluding carboxylic acids is 1. The number of hydrogen-bond acceptors (Lipinski definition) is 5. The molecule has 7 nitrogen and oxygen atoms in total. The third-order valence-electron chi connectivity index (χ3n) is 4.69. The van der Waals surface area contributed by atoms with Crippen molar-refractivity contribution in [2.24, 2.45) is 0 Å². The number of para-hydroxylation sites is 1. The van der Waals surface area contributed by atoms with Crippen LogP contribution in [0.5, 0.6) is 0 Å². The number of nitrogens with one attached hydrogen (secondary N) is 1. The van der Waals surface area contributed by atoms with Crippen molar-refractivity contribution in [2.75, 3.05) is 11.1 Å². The molecule has 1 amide bonds. The molecule has 30 heavy (non-hydrogen) atoms. The molecular weight excluding hydrogens is 405 g/mol. The molecule has 1 N–H and O–H groups in total. The Morgan fingerprint density at radius 2 is 1.90 bits per heavy atom. The van der Waals surface area contributed by atoms with Gasteiger partial charge in [0.05, 0.1) is 11.4 Å². The van der Waals surface area contributed by atoms with Crippen LogP contribution in [0.2, 0.25) is 0 Å². The topological polar surface area (TPSA) is 81.3 Å². The summed E-state index contributed by atoms with van der Waals surface area (Å²) < 4.78 is 16.7. The van der Waals surface area contributed by atoms with Gasteiger partial charge in [0.2, 0.25) is 11.6 Å². The van der Waals surface area contributed by atoms with Gasteiger partial charge in [-0.25, -0.2) is 4.39 Å². The van der Waals surface area contributed by atoms with Crippen molar-refractivity contribution in [3.05, 3.63) is 82.2 Å². The van der Waals surface area contributed by atoms with Gasteiger partial charge in [0.15, 0.2) is 5.16 Å². The lowest BCUT2D eigenvalue weighted by atomic mass is 10.1. The highest BCUT2D eigenvalue weighted by Gasteiger charge is 2.14. The molecule has 0 unspecified atom stereocenters. The average Bonchev–Trinajstić information content (AvgIpc) is 3.15. The third kappa shape index (κ3) is 3.84. The Hall–Kier alpha value is -3.46. The number of aromatic nitrogens is 4. The largest absolute Gasteiger partial charge is 0.323 e. The molecular formula is C21H18FN5O2S. The fraction of sp³-hybridized carbons (Fsp3) is 0.143. The van der Waals surface area contributed by atoms with Crippen molar-refractivity contribution >= 4 is 29.0 Å². The molecule has 0 atom stereocenters. The molecule has 4 rings (SSSR count). The van der Waals surface area contributed by atoms with E-state index in [4.69, 9.17) is 0 Å². The van der Waals surface area contributed by atoms with Crippen molar-refractivity contribution in [1.82, 2.24) is 19.2 Å². The Balaban J connectivity index is 1.54. The minimum absolute atomic E-state index is 0.00459. The smallest absolute Gasteiger partial charge is 0.300 e. The van der Waals surface area contributed by atoms with Gasteiger partial charge < -0.3 is 5.32 Å². The summed E-state index contributed by atoms with van der Waals surface area (Å²) >= 11 is 1.11. The molecule has 0 bridgehead atoms. The number of halogens is 1. The Labute approximate surface area is 175 Å². The highest BCUT2D eigenvalue weighted by molar-refractivity contribution is 7.99. The maximum absolute atomic E-state index is 13.7. The molecule has 4 aromatic rings. The molecule has 152 valence electrons. The van der Waals surface area contributed by atoms with E-state index in [1.807, 2.05) is 32.0 Å². The highest BCUT2D eigenvalue weighted by atomic mass is 32.2. The zero-order valence-electron chi connectivity index (χ0n) is 16.3. The zero-order valence-corrected chi connectivity index (χ0v) is 17.1. The number of amides is 1. The highest BCUT2D eigenvalue weighted by Crippen LogP contribution is 2.18. The van der Waals surface area contributed by atoms with E-state index >= 15 is 0 Å². The van der Waals surface area contributed by atoms with Gasteiger partial charge in [-0.2, -0.15) is 0 Å². The second-order valence-electron chi connectivity index (χ2n) is 6.73. The van der Waals surface area contributed by atoms with Gasteiger partial charge in [0.1, 0.15) is 5.82 Å². The monoisotopic (exact) mass is 423 g/mol. The molecule has 2 heterocycles. The van der Waals surface area contributed by atoms with Gasteiger partial charge >= 0.3 is 5.56 Å². The maximum atomic E-state index is 13.7. The van der Waals surface area contributed by atoms with Gasteiger partial charge in [-0.3, -0.25) is 18.6 Å². The van der Waals surface area contributed by atoms with E-state index in [0.29, 0.717) is 5.16 Å². The first-order chi connectivity index (χ1) is 14.4. The molecule has 2 aromatic carbocycles. The van der Waals surface area contributed by atoms with Crippen LogP contribution in [0.3, 0.4) is 0 Å². The molecule has 0 aliphatic heterocycles. The number of hydrogen-bond donors (Lipinski definition) is 1. The first-order valence-corrected chi connectivity index (χ1v) is 10.1. The van der Waals surface area contributed by atoms with Crippen LogP contribution >= 0.6 is 11.8 Å². The van der Waals surface area contributed by atoms with Crippen molar-refractivity contribution in [3.8, 4) is 5.69 Å². The molecule has 9 heteroatoms. The minimum atomic E-state index is -0.504. The molecule has 0 radical (unpaired) electrons. The second kappa shape index (κ2) is 8.11. The third-order valence-corrected chi connectivity index (χ3v) is 5.63. The number of aryl methyl sites for hydroxylation is 2. The van der Waals surface area contributed by atoms with Crippen LogP contribution in [0, 0.1) is 19.7 Å². The fourth-order valence-electron chi connectivity index (χ4n) is 2.92. The predicted octanol–water partition coefficient (Wildman–Crippen LogP) is 3.37. The number of benzene rings is 2. The van der Waals surface area contributed by atoms with Gasteiger partial charge in [0, 0.05) is 18.1 Å². The maximum Gasteiger partial charge on any atom is 0.300 e. The quantitative estimate of drug-likeness (QED) is 0.498. The van der Waals surface area contributed by atoms with Crippen LogP contribution in [0.15, 0.2) is 64.8 Å². The first-order valence-electron chi connectivity index (χ1n) is 9.15. The van der Waals surface area contributed by atoms with Gasteiger partial charge in [0.25, 0.3) is 0 Å². The standard InChI is InChI=1S/C21H18FN5O2S/c1-13-7-8-15(11-14(13)2)26-9-10-27-19(20(26)29)24-25-21(27)30-12-18(28)23-17-6-4-3-5-16(17)22/h3-11H,12H2,1-2H3,(H,23,28). The van der Waals surface area contributed by atoms with E-state index in [1.165, 1.54) is 16.7 Å². The lowest BCUT2D eigenvalue weighted by Crippen LogP contribution is -2.20. The van der Waals surface area contributed by atoms with Gasteiger partial charge in [-0.05, 0) is 49.2 Å². The van der Waals surface area contributed by atoms with Crippen LogP contribution in [0.25, 0.3) is 11.3 Å². The van der Waals surface area contributed by atoms with Crippen LogP contribution in [-0.2, 0) is 4.79 Å². The SMILES string of the molecule is Cc1ccc(-n2ccn3c(SCC(=O)Nc4ccccc4F)nnc3c2=O)cc1C. The number of nitrogens with zero attached hydrogens (tertiary/aromatic N) is 4. The molecule has 0 saturated heterocycles. The second-order valence-corrected chi connectivity index (χ2v) is 7.68. The minimum Gasteiger partial charge on any atom is -0.323 e. The lowest BCUT2D eigenvalue weighted by Gasteiger charge is -2.09. The van der Waals surface area contributed by atoms with Crippen LogP contribution in [-0.4, -0.2) is 30.8 Å². The first kappa shape index (κ1) is 19.8. The zero-order chi connectivity index (χ0) is 21.3. The summed E-state index contributed by atoms with van der Waals surface area (Å²) in [5.74, 6) is -0.893. The summed E-state index contributed by atoms with van der Waals surface area (Å²) in [6.45, 7) is 4.00. The van der Waals surface area contributed by atoms with Crippen LogP contribution in [0.1, 0.15) is 11.1 Å². The molecule has 0 fully saturated rings. The van der Waals surface area contributed by atoms with E-state index in [2.05, 4.69) is 15.5 Å². The Kier molecular flexibility index (Phi) is 5.37. The summed E-state index contributed by atoms with van der Waals surface area (Å²) in [6, 6.07) is 11.7. The molecule has 0 spiro atoms. The number of rotatable bonds is 5.